The summed E-state index contributed by atoms with van der Waals surface area (Å²) < 4.78 is 4.86. The van der Waals surface area contributed by atoms with Gasteiger partial charge in [0.1, 0.15) is 11.6 Å². The molecule has 0 saturated carbocycles. The Morgan fingerprint density at radius 1 is 0.422 bits per heavy atom. The Morgan fingerprint density at radius 2 is 0.735 bits per heavy atom. The van der Waals surface area contributed by atoms with Crippen LogP contribution in [0.3, 0.4) is 0 Å². The minimum absolute atomic E-state index is 0.0119. The summed E-state index contributed by atoms with van der Waals surface area (Å²) in [5, 5.41) is 23.7. The third kappa shape index (κ3) is 10.4. The number of thiophene rings is 3. The van der Waals surface area contributed by atoms with E-state index in [2.05, 4.69) is 267 Å². The molecule has 83 heavy (non-hydrogen) atoms. The summed E-state index contributed by atoms with van der Waals surface area (Å²) in [5.41, 5.74) is 16.3. The first-order valence-corrected chi connectivity index (χ1v) is 30.8. The van der Waals surface area contributed by atoms with Crippen molar-refractivity contribution in [1.29, 1.82) is 5.26 Å². The summed E-state index contributed by atoms with van der Waals surface area (Å²) in [5.74, 6) is -1.22. The number of nitriles is 1. The number of carbonyl (C=O) groups is 1. The molecule has 0 unspecified atom stereocenters. The molecule has 0 radical (unpaired) electrons. The fraction of sp³-hybridized carbons (Fsp3) is 0.216. The average molecular weight is 1140 g/mol. The van der Waals surface area contributed by atoms with E-state index in [0.717, 1.165) is 53.5 Å². The highest BCUT2D eigenvalue weighted by molar-refractivity contribution is 7.27. The number of nitrogens with zero attached hydrogens (tertiary/aromatic N) is 4. The minimum atomic E-state index is -1.22. The predicted molar refractivity (Wildman–Crippen MR) is 356 cm³/mol. The first-order chi connectivity index (χ1) is 39.4. The molecule has 0 saturated heterocycles. The van der Waals surface area contributed by atoms with Crippen LogP contribution in [0.2, 0.25) is 0 Å². The van der Waals surface area contributed by atoms with E-state index < -0.39 is 5.97 Å². The summed E-state index contributed by atoms with van der Waals surface area (Å²) in [6.07, 6.45) is 1.43. The van der Waals surface area contributed by atoms with Crippen LogP contribution in [-0.4, -0.2) is 20.2 Å². The molecule has 7 aromatic carbocycles. The second kappa shape index (κ2) is 20.6. The second-order valence-corrected chi connectivity index (χ2v) is 29.3. The number of anilines is 3. The van der Waals surface area contributed by atoms with E-state index >= 15 is 0 Å². The van der Waals surface area contributed by atoms with Crippen molar-refractivity contribution in [3.8, 4) is 47.4 Å². The van der Waals surface area contributed by atoms with Gasteiger partial charge in [-0.3, -0.25) is 0 Å². The topological polar surface area (TPSA) is 74.2 Å². The van der Waals surface area contributed by atoms with Crippen molar-refractivity contribution in [3.63, 3.8) is 0 Å². The fourth-order valence-electron chi connectivity index (χ4n) is 11.3. The molecule has 0 amide bonds. The summed E-state index contributed by atoms with van der Waals surface area (Å²) >= 11 is 4.96. The van der Waals surface area contributed by atoms with Gasteiger partial charge in [0.2, 0.25) is 0 Å². The number of aromatic nitrogens is 2. The second-order valence-electron chi connectivity index (χ2n) is 26.0. The maximum absolute atomic E-state index is 11.5. The van der Waals surface area contributed by atoms with Gasteiger partial charge in [-0.2, -0.15) is 5.26 Å². The van der Waals surface area contributed by atoms with Gasteiger partial charge in [0.15, 0.2) is 0 Å². The molecule has 1 N–H and O–H groups in total. The molecule has 0 aliphatic heterocycles. The molecule has 0 aliphatic rings. The van der Waals surface area contributed by atoms with Gasteiger partial charge in [-0.25, -0.2) is 4.79 Å². The summed E-state index contributed by atoms with van der Waals surface area (Å²) in [6, 6.07) is 69.5. The molecule has 0 fully saturated rings. The molecule has 414 valence electrons. The predicted octanol–water partition coefficient (Wildman–Crippen LogP) is 21.7. The molecule has 6 nitrogen and oxygen atoms in total. The summed E-state index contributed by atoms with van der Waals surface area (Å²) in [7, 11) is 0. The zero-order chi connectivity index (χ0) is 58.5. The molecule has 12 aromatic rings. The van der Waals surface area contributed by atoms with E-state index in [9.17, 15) is 15.2 Å². The first-order valence-electron chi connectivity index (χ1n) is 28.4. The van der Waals surface area contributed by atoms with E-state index in [1.807, 2.05) is 12.1 Å². The Hall–Kier alpha value is -8.26. The van der Waals surface area contributed by atoms with Gasteiger partial charge in [0.25, 0.3) is 0 Å². The zero-order valence-corrected chi connectivity index (χ0v) is 51.7. The van der Waals surface area contributed by atoms with Crippen LogP contribution < -0.4 is 4.90 Å². The lowest BCUT2D eigenvalue weighted by Gasteiger charge is -2.26. The Bertz CT molecular complexity index is 4220. The monoisotopic (exact) mass is 1140 g/mol. The molecule has 0 spiro atoms. The van der Waals surface area contributed by atoms with Gasteiger partial charge in [0, 0.05) is 79.2 Å². The molecular weight excluding hydrogens is 1070 g/mol. The molecule has 5 aromatic heterocycles. The first kappa shape index (κ1) is 55.3. The number of carboxylic acid groups (broad SMARTS) is 1. The van der Waals surface area contributed by atoms with Crippen LogP contribution in [0.4, 0.5) is 17.1 Å². The van der Waals surface area contributed by atoms with Crippen molar-refractivity contribution in [2.24, 2.45) is 0 Å². The third-order valence-electron chi connectivity index (χ3n) is 16.1. The largest absolute Gasteiger partial charge is 0.477 e. The maximum Gasteiger partial charge on any atom is 0.346 e. The summed E-state index contributed by atoms with van der Waals surface area (Å²) in [4.78, 5) is 20.2. The molecule has 12 rings (SSSR count). The molecule has 0 aliphatic carbocycles. The number of benzene rings is 7. The van der Waals surface area contributed by atoms with E-state index in [0.29, 0.717) is 0 Å². The van der Waals surface area contributed by atoms with E-state index in [4.69, 9.17) is 0 Å². The van der Waals surface area contributed by atoms with Crippen LogP contribution in [0.5, 0.6) is 0 Å². The Kier molecular flexibility index (Phi) is 13.7. The van der Waals surface area contributed by atoms with Gasteiger partial charge >= 0.3 is 5.97 Å². The van der Waals surface area contributed by atoms with Crippen LogP contribution in [0.15, 0.2) is 188 Å². The molecule has 9 heteroatoms. The smallest absolute Gasteiger partial charge is 0.346 e. The van der Waals surface area contributed by atoms with Crippen molar-refractivity contribution >= 4 is 107 Å². The zero-order valence-electron chi connectivity index (χ0n) is 49.3. The Labute approximate surface area is 499 Å². The Morgan fingerprint density at radius 3 is 1.07 bits per heavy atom. The van der Waals surface area contributed by atoms with Crippen LogP contribution >= 0.6 is 34.0 Å². The normalized spacial score (nSPS) is 12.7. The molecular formula is C74H68N4O2S3. The van der Waals surface area contributed by atoms with E-state index in [1.165, 1.54) is 93.0 Å². The molecule has 5 heterocycles. The van der Waals surface area contributed by atoms with Gasteiger partial charge in [-0.15, -0.1) is 34.0 Å². The van der Waals surface area contributed by atoms with Crippen molar-refractivity contribution < 1.29 is 9.90 Å². The van der Waals surface area contributed by atoms with Crippen LogP contribution in [0, 0.1) is 11.3 Å². The van der Waals surface area contributed by atoms with Gasteiger partial charge in [0.05, 0.1) is 22.1 Å². The maximum atomic E-state index is 11.5. The van der Waals surface area contributed by atoms with Crippen LogP contribution in [-0.2, 0) is 26.5 Å². The molecule has 0 bridgehead atoms. The summed E-state index contributed by atoms with van der Waals surface area (Å²) in [6.45, 7) is 27.5. The number of hydrogen-bond acceptors (Lipinski definition) is 6. The van der Waals surface area contributed by atoms with Crippen LogP contribution in [0.25, 0.3) is 91.0 Å². The quantitative estimate of drug-likeness (QED) is 0.109. The average Bonchev–Trinajstić information content (AvgIpc) is 2.14. The number of hydrogen-bond donors (Lipinski definition) is 1. The highest BCUT2D eigenvalue weighted by Crippen LogP contribution is 2.45. The number of rotatable bonds is 10. The highest BCUT2D eigenvalue weighted by atomic mass is 32.1. The van der Waals surface area contributed by atoms with Crippen molar-refractivity contribution in [3.05, 3.63) is 215 Å². The highest BCUT2D eigenvalue weighted by Gasteiger charge is 2.25. The SMILES string of the molecule is CC(C)(C)c1ccc2c(c1)c1cc(C(C)(C)C)ccc1n2-c1ccc(N(c2ccc(-c3ccc(-c4ccc(-c5ccc(/C=C(\C#N)C(=O)O)s5)s4)s3)cc2)c2ccc(-n3c4ccc(C(C)(C)C)cc4c4cc(C(C)(C)C)ccc43)cc2)cc1. The number of aliphatic carboxylic acids is 1. The van der Waals surface area contributed by atoms with Gasteiger partial charge in [-0.05, 0) is 201 Å². The fourth-order valence-corrected chi connectivity index (χ4v) is 14.4. The van der Waals surface area contributed by atoms with Gasteiger partial charge < -0.3 is 19.1 Å². The lowest BCUT2D eigenvalue weighted by Crippen LogP contribution is -2.11. The van der Waals surface area contributed by atoms with E-state index in [-0.39, 0.29) is 27.2 Å². The van der Waals surface area contributed by atoms with Crippen LogP contribution in [0.1, 0.15) is 110 Å². The van der Waals surface area contributed by atoms with Crippen molar-refractivity contribution in [1.82, 2.24) is 9.13 Å². The molecule has 0 atom stereocenters. The van der Waals surface area contributed by atoms with Gasteiger partial charge in [-0.1, -0.05) is 119 Å². The lowest BCUT2D eigenvalue weighted by molar-refractivity contribution is -0.132. The minimum Gasteiger partial charge on any atom is -0.477 e. The number of carboxylic acids is 1. The Balaban J connectivity index is 0.930. The van der Waals surface area contributed by atoms with Crippen molar-refractivity contribution in [2.75, 3.05) is 4.90 Å². The lowest BCUT2D eigenvalue weighted by atomic mass is 9.85. The standard InChI is InChI=1S/C74H68N4O2S3/c1-71(2,3)47-15-30-61-57(40-47)58-41-48(72(4,5)6)16-31-62(58)77(61)54-25-21-52(22-26-54)76(53-23-27-55(28-24-53)78-63-32-17-49(73(7,8)9)42-59(63)60-43-50(74(10,11)12)18-33-64(60)78)51-19-13-45(14-20-51)65-35-36-68(82-65)69-38-37-67(83-69)66-34-29-56(81-66)39-46(44-75)70(79)80/h13-43H,1-12H3,(H,79,80)/b46-39+. The third-order valence-corrected chi connectivity index (χ3v) is 19.7. The van der Waals surface area contributed by atoms with Crippen molar-refractivity contribution in [2.45, 2.75) is 105 Å². The van der Waals surface area contributed by atoms with E-state index in [1.54, 1.807) is 28.7 Å². The number of fused-ring (bicyclic) bond motifs is 6.